The van der Waals surface area contributed by atoms with Crippen LogP contribution in [0.5, 0.6) is 0 Å². The third-order valence-electron chi connectivity index (χ3n) is 7.32. The molecule has 0 spiro atoms. The average molecular weight is 407 g/mol. The fourth-order valence-electron chi connectivity index (χ4n) is 5.65. The zero-order valence-electron chi connectivity index (χ0n) is 16.9. The maximum absolute atomic E-state index is 13.2. The van der Waals surface area contributed by atoms with Gasteiger partial charge in [-0.15, -0.1) is 0 Å². The van der Waals surface area contributed by atoms with Crippen molar-refractivity contribution in [1.29, 1.82) is 0 Å². The van der Waals surface area contributed by atoms with E-state index in [9.17, 15) is 8.42 Å². The molecule has 1 aromatic heterocycles. The summed E-state index contributed by atoms with van der Waals surface area (Å²) >= 11 is 0. The Hall–Kier alpha value is -2.24. The molecule has 2 atom stereocenters. The van der Waals surface area contributed by atoms with Crippen LogP contribution in [0, 0.1) is 5.41 Å². The van der Waals surface area contributed by atoms with Crippen LogP contribution in [-0.2, 0) is 22.0 Å². The number of rotatable bonds is 5. The highest BCUT2D eigenvalue weighted by Gasteiger charge is 2.64. The van der Waals surface area contributed by atoms with Crippen molar-refractivity contribution in [3.8, 4) is 0 Å². The predicted molar refractivity (Wildman–Crippen MR) is 116 cm³/mol. The molecule has 1 heterocycles. The SMILES string of the molecule is CC1(C)[C@@H]2CC[C@@]1(CS(=O)(=O)NCc1ccccc1)c1nc3ccccc3cc12. The molecule has 2 bridgehead atoms. The van der Waals surface area contributed by atoms with Crippen molar-refractivity contribution in [1.82, 2.24) is 9.71 Å². The Labute approximate surface area is 172 Å². The van der Waals surface area contributed by atoms with Gasteiger partial charge in [0.25, 0.3) is 0 Å². The number of benzene rings is 2. The van der Waals surface area contributed by atoms with Crippen molar-refractivity contribution in [2.24, 2.45) is 5.41 Å². The smallest absolute Gasteiger partial charge is 0.212 e. The third-order valence-corrected chi connectivity index (χ3v) is 8.78. The van der Waals surface area contributed by atoms with Crippen molar-refractivity contribution < 1.29 is 8.42 Å². The Balaban J connectivity index is 1.53. The van der Waals surface area contributed by atoms with E-state index in [2.05, 4.69) is 30.7 Å². The summed E-state index contributed by atoms with van der Waals surface area (Å²) in [4.78, 5) is 5.02. The summed E-state index contributed by atoms with van der Waals surface area (Å²) in [6, 6.07) is 20.0. The van der Waals surface area contributed by atoms with Gasteiger partial charge in [0, 0.05) is 17.3 Å². The largest absolute Gasteiger partial charge is 0.252 e. The first-order valence-electron chi connectivity index (χ1n) is 10.2. The van der Waals surface area contributed by atoms with Crippen LogP contribution in [0.2, 0.25) is 0 Å². The van der Waals surface area contributed by atoms with Gasteiger partial charge in [0.2, 0.25) is 10.0 Å². The lowest BCUT2D eigenvalue weighted by Gasteiger charge is -2.37. The molecule has 0 unspecified atom stereocenters. The normalized spacial score (nSPS) is 24.7. The summed E-state index contributed by atoms with van der Waals surface area (Å²) in [6.07, 6.45) is 1.89. The molecule has 2 aromatic carbocycles. The maximum atomic E-state index is 13.2. The minimum Gasteiger partial charge on any atom is -0.252 e. The number of nitrogens with zero attached hydrogens (tertiary/aromatic N) is 1. The Morgan fingerprint density at radius 2 is 1.79 bits per heavy atom. The monoisotopic (exact) mass is 406 g/mol. The number of hydrogen-bond donors (Lipinski definition) is 1. The van der Waals surface area contributed by atoms with Gasteiger partial charge in [-0.1, -0.05) is 62.4 Å². The number of para-hydroxylation sites is 1. The topological polar surface area (TPSA) is 59.1 Å². The fraction of sp³-hybridized carbons (Fsp3) is 0.375. The van der Waals surface area contributed by atoms with Crippen LogP contribution in [0.4, 0.5) is 0 Å². The van der Waals surface area contributed by atoms with Gasteiger partial charge in [-0.05, 0) is 47.4 Å². The van der Waals surface area contributed by atoms with E-state index in [-0.39, 0.29) is 11.2 Å². The minimum absolute atomic E-state index is 0.0919. The van der Waals surface area contributed by atoms with Crippen LogP contribution in [0.15, 0.2) is 60.7 Å². The molecule has 5 rings (SSSR count). The van der Waals surface area contributed by atoms with E-state index in [0.717, 1.165) is 35.0 Å². The summed E-state index contributed by atoms with van der Waals surface area (Å²) in [5.41, 5.74) is 3.58. The molecule has 4 nitrogen and oxygen atoms in total. The summed E-state index contributed by atoms with van der Waals surface area (Å²) in [6.45, 7) is 4.77. The second-order valence-corrected chi connectivity index (χ2v) is 10.9. The van der Waals surface area contributed by atoms with E-state index in [1.165, 1.54) is 5.56 Å². The number of aromatic nitrogens is 1. The molecule has 1 N–H and O–H groups in total. The standard InChI is InChI=1S/C24H26N2O2S/c1-23(2)20-12-13-24(23,16-29(27,28)25-15-17-8-4-3-5-9-17)22-19(20)14-18-10-6-7-11-21(18)26-22/h3-11,14,20,25H,12-13,15-16H2,1-2H3/t20-,24-/m1/s1. The summed E-state index contributed by atoms with van der Waals surface area (Å²) in [5.74, 6) is 0.452. The molecule has 0 aliphatic heterocycles. The lowest BCUT2D eigenvalue weighted by Crippen LogP contribution is -2.45. The quantitative estimate of drug-likeness (QED) is 0.678. The van der Waals surface area contributed by atoms with Crippen LogP contribution in [0.25, 0.3) is 10.9 Å². The van der Waals surface area contributed by atoms with Gasteiger partial charge in [0.15, 0.2) is 0 Å². The molecule has 0 amide bonds. The second kappa shape index (κ2) is 6.38. The molecule has 1 saturated carbocycles. The molecular weight excluding hydrogens is 380 g/mol. The number of pyridine rings is 1. The first kappa shape index (κ1) is 18.8. The fourth-order valence-corrected chi connectivity index (χ4v) is 7.44. The number of fused-ring (bicyclic) bond motifs is 6. The molecule has 0 saturated heterocycles. The Morgan fingerprint density at radius 3 is 2.59 bits per heavy atom. The lowest BCUT2D eigenvalue weighted by atomic mass is 9.70. The van der Waals surface area contributed by atoms with Crippen molar-refractivity contribution in [3.63, 3.8) is 0 Å². The molecule has 0 radical (unpaired) electrons. The van der Waals surface area contributed by atoms with E-state index >= 15 is 0 Å². The van der Waals surface area contributed by atoms with Gasteiger partial charge in [0.05, 0.1) is 17.0 Å². The van der Waals surface area contributed by atoms with Gasteiger partial charge in [-0.3, -0.25) is 4.98 Å². The first-order chi connectivity index (χ1) is 13.8. The van der Waals surface area contributed by atoms with E-state index in [4.69, 9.17) is 4.98 Å². The zero-order chi connectivity index (χ0) is 20.3. The average Bonchev–Trinajstić information content (AvgIpc) is 3.05. The van der Waals surface area contributed by atoms with Crippen molar-refractivity contribution in [2.45, 2.75) is 44.6 Å². The summed E-state index contributed by atoms with van der Waals surface area (Å²) < 4.78 is 29.2. The Kier molecular flexibility index (Phi) is 4.13. The summed E-state index contributed by atoms with van der Waals surface area (Å²) in [7, 11) is -3.46. The van der Waals surface area contributed by atoms with Crippen molar-refractivity contribution >= 4 is 20.9 Å². The van der Waals surface area contributed by atoms with Crippen LogP contribution < -0.4 is 4.72 Å². The number of sulfonamides is 1. The molecular formula is C24H26N2O2S. The van der Waals surface area contributed by atoms with Crippen LogP contribution in [0.3, 0.4) is 0 Å². The third kappa shape index (κ3) is 2.82. The van der Waals surface area contributed by atoms with Gasteiger partial charge in [-0.25, -0.2) is 13.1 Å². The Bertz CT molecular complexity index is 1190. The van der Waals surface area contributed by atoms with E-state index in [0.29, 0.717) is 12.5 Å². The van der Waals surface area contributed by atoms with Crippen LogP contribution in [-0.4, -0.2) is 19.2 Å². The highest BCUT2D eigenvalue weighted by Crippen LogP contribution is 2.67. The molecule has 3 aromatic rings. The van der Waals surface area contributed by atoms with Crippen molar-refractivity contribution in [2.75, 3.05) is 5.75 Å². The minimum atomic E-state index is -3.46. The van der Waals surface area contributed by atoms with Gasteiger partial charge >= 0.3 is 0 Å². The molecule has 2 aliphatic rings. The highest BCUT2D eigenvalue weighted by atomic mass is 32.2. The van der Waals surface area contributed by atoms with Gasteiger partial charge < -0.3 is 0 Å². The van der Waals surface area contributed by atoms with E-state index in [1.807, 2.05) is 48.5 Å². The van der Waals surface area contributed by atoms with Crippen LogP contribution in [0.1, 0.15) is 49.4 Å². The molecule has 5 heteroatoms. The maximum Gasteiger partial charge on any atom is 0.212 e. The van der Waals surface area contributed by atoms with E-state index in [1.54, 1.807) is 0 Å². The molecule has 29 heavy (non-hydrogen) atoms. The first-order valence-corrected chi connectivity index (χ1v) is 11.9. The second-order valence-electron chi connectivity index (χ2n) is 9.08. The molecule has 1 fully saturated rings. The number of nitrogens with one attached hydrogen (secondary N) is 1. The Morgan fingerprint density at radius 1 is 1.07 bits per heavy atom. The van der Waals surface area contributed by atoms with Crippen molar-refractivity contribution in [3.05, 3.63) is 77.5 Å². The zero-order valence-corrected chi connectivity index (χ0v) is 17.7. The van der Waals surface area contributed by atoms with Gasteiger partial charge in [0.1, 0.15) is 0 Å². The molecule has 150 valence electrons. The van der Waals surface area contributed by atoms with E-state index < -0.39 is 15.4 Å². The lowest BCUT2D eigenvalue weighted by molar-refractivity contribution is 0.229. The van der Waals surface area contributed by atoms with Crippen LogP contribution >= 0.6 is 0 Å². The predicted octanol–water partition coefficient (Wildman–Crippen LogP) is 4.51. The highest BCUT2D eigenvalue weighted by molar-refractivity contribution is 7.89. The summed E-state index contributed by atoms with van der Waals surface area (Å²) in [5, 5.41) is 1.13. The van der Waals surface area contributed by atoms with Gasteiger partial charge in [-0.2, -0.15) is 0 Å². The molecule has 2 aliphatic carbocycles. The number of hydrogen-bond acceptors (Lipinski definition) is 3.